The first-order chi connectivity index (χ1) is 6.57. The first-order valence-electron chi connectivity index (χ1n) is 4.92. The molecule has 0 radical (unpaired) electrons. The average Bonchev–Trinajstić information content (AvgIpc) is 2.14. The van der Waals surface area contributed by atoms with Crippen molar-refractivity contribution in [3.05, 3.63) is 24.3 Å². The number of halogens is 1. The van der Waals surface area contributed by atoms with Crippen molar-refractivity contribution in [2.45, 2.75) is 26.5 Å². The van der Waals surface area contributed by atoms with Gasteiger partial charge in [0.2, 0.25) is 0 Å². The Kier molecular flexibility index (Phi) is 8.14. The van der Waals surface area contributed by atoms with Gasteiger partial charge in [0.05, 0.1) is 0 Å². The summed E-state index contributed by atoms with van der Waals surface area (Å²) in [5.41, 5.74) is 0.716. The first kappa shape index (κ1) is 13.9. The van der Waals surface area contributed by atoms with E-state index >= 15 is 0 Å². The van der Waals surface area contributed by atoms with Crippen molar-refractivity contribution >= 4 is 15.9 Å². The summed E-state index contributed by atoms with van der Waals surface area (Å²) >= 11 is 3.33. The van der Waals surface area contributed by atoms with Gasteiger partial charge in [-0.1, -0.05) is 48.5 Å². The maximum Gasteiger partial charge on any atom is 0.130 e. The second-order valence-electron chi connectivity index (χ2n) is 3.58. The Hall–Kier alpha value is -0.120. The van der Waals surface area contributed by atoms with Gasteiger partial charge in [0.15, 0.2) is 0 Å². The Morgan fingerprint density at radius 2 is 2.21 bits per heavy atom. The van der Waals surface area contributed by atoms with Gasteiger partial charge in [-0.25, -0.2) is 0 Å². The van der Waals surface area contributed by atoms with Gasteiger partial charge in [-0.2, -0.15) is 0 Å². The fourth-order valence-electron chi connectivity index (χ4n) is 0.844. The normalized spacial score (nSPS) is 13.8. The fraction of sp³-hybridized carbons (Fsp3) is 0.636. The van der Waals surface area contributed by atoms with Crippen molar-refractivity contribution in [3.8, 4) is 0 Å². The summed E-state index contributed by atoms with van der Waals surface area (Å²) in [5.74, 6) is 0.487. The number of nitrogens with one attached hydrogen (secondary N) is 1. The van der Waals surface area contributed by atoms with Gasteiger partial charge in [-0.3, -0.25) is 5.32 Å². The molecule has 14 heavy (non-hydrogen) atoms. The van der Waals surface area contributed by atoms with Crippen LogP contribution in [0, 0.1) is 5.92 Å². The molecular weight excluding hydrogens is 242 g/mol. The van der Waals surface area contributed by atoms with Crippen LogP contribution in [0.5, 0.6) is 0 Å². The molecule has 0 aromatic carbocycles. The lowest BCUT2D eigenvalue weighted by Crippen LogP contribution is -2.30. The molecule has 0 bridgehead atoms. The quantitative estimate of drug-likeness (QED) is 0.320. The van der Waals surface area contributed by atoms with Crippen LogP contribution in [-0.2, 0) is 0 Å². The van der Waals surface area contributed by atoms with Crippen LogP contribution in [0.3, 0.4) is 0 Å². The van der Waals surface area contributed by atoms with E-state index in [1.807, 2.05) is 12.2 Å². The van der Waals surface area contributed by atoms with Crippen molar-refractivity contribution in [3.63, 3.8) is 0 Å². The minimum Gasteiger partial charge on any atom is -0.374 e. The van der Waals surface area contributed by atoms with Gasteiger partial charge in [0, 0.05) is 5.33 Å². The Bertz CT molecular complexity index is 190. The highest BCUT2D eigenvalue weighted by Gasteiger charge is 2.03. The molecule has 0 spiro atoms. The Morgan fingerprint density at radius 1 is 1.57 bits per heavy atom. The van der Waals surface area contributed by atoms with E-state index < -0.39 is 6.23 Å². The van der Waals surface area contributed by atoms with E-state index in [0.717, 1.165) is 18.3 Å². The molecule has 0 heterocycles. The number of hydrogen-bond donors (Lipinski definition) is 2. The summed E-state index contributed by atoms with van der Waals surface area (Å²) in [6, 6.07) is 0. The van der Waals surface area contributed by atoms with E-state index in [1.165, 1.54) is 0 Å². The lowest BCUT2D eigenvalue weighted by atomic mass is 10.1. The molecule has 0 aliphatic rings. The molecule has 0 aromatic rings. The first-order valence-corrected chi connectivity index (χ1v) is 6.04. The topological polar surface area (TPSA) is 32.3 Å². The van der Waals surface area contributed by atoms with Crippen LogP contribution in [0.1, 0.15) is 20.3 Å². The monoisotopic (exact) mass is 261 g/mol. The van der Waals surface area contributed by atoms with Crippen molar-refractivity contribution in [2.24, 2.45) is 5.92 Å². The summed E-state index contributed by atoms with van der Waals surface area (Å²) < 4.78 is 0. The van der Waals surface area contributed by atoms with E-state index in [9.17, 15) is 5.11 Å². The molecule has 1 atom stereocenters. The highest BCUT2D eigenvalue weighted by Crippen LogP contribution is 2.02. The van der Waals surface area contributed by atoms with E-state index in [-0.39, 0.29) is 0 Å². The number of rotatable bonds is 7. The molecule has 0 aliphatic heterocycles. The molecule has 2 nitrogen and oxygen atoms in total. The summed E-state index contributed by atoms with van der Waals surface area (Å²) in [7, 11) is 0. The van der Waals surface area contributed by atoms with Crippen LogP contribution in [-0.4, -0.2) is 23.2 Å². The molecule has 82 valence electrons. The van der Waals surface area contributed by atoms with E-state index in [0.29, 0.717) is 11.5 Å². The van der Waals surface area contributed by atoms with Gasteiger partial charge in [0.1, 0.15) is 6.23 Å². The Labute approximate surface area is 95.2 Å². The molecule has 0 saturated heterocycles. The lowest BCUT2D eigenvalue weighted by Gasteiger charge is -2.12. The maximum atomic E-state index is 9.58. The zero-order chi connectivity index (χ0) is 11.0. The predicted molar refractivity (Wildman–Crippen MR) is 65.5 cm³/mol. The molecular formula is C11H20BrNO. The minimum absolute atomic E-state index is 0.487. The molecule has 1 unspecified atom stereocenters. The van der Waals surface area contributed by atoms with Crippen LogP contribution in [0.4, 0.5) is 0 Å². The van der Waals surface area contributed by atoms with Crippen LogP contribution in [0.15, 0.2) is 24.3 Å². The number of aliphatic hydroxyl groups is 1. The molecule has 0 aliphatic carbocycles. The smallest absolute Gasteiger partial charge is 0.130 e. The average molecular weight is 262 g/mol. The zero-order valence-electron chi connectivity index (χ0n) is 8.96. The third-order valence-electron chi connectivity index (χ3n) is 1.69. The van der Waals surface area contributed by atoms with Crippen molar-refractivity contribution < 1.29 is 5.11 Å². The van der Waals surface area contributed by atoms with Gasteiger partial charge in [-0.15, -0.1) is 0 Å². The lowest BCUT2D eigenvalue weighted by molar-refractivity contribution is 0.177. The highest BCUT2D eigenvalue weighted by atomic mass is 79.9. The van der Waals surface area contributed by atoms with Gasteiger partial charge in [0.25, 0.3) is 0 Å². The van der Waals surface area contributed by atoms with Crippen LogP contribution < -0.4 is 5.32 Å². The van der Waals surface area contributed by atoms with Gasteiger partial charge < -0.3 is 5.11 Å². The Morgan fingerprint density at radius 3 is 2.71 bits per heavy atom. The van der Waals surface area contributed by atoms with Gasteiger partial charge >= 0.3 is 0 Å². The number of allylic oxidation sites excluding steroid dienone is 1. The SMILES string of the molecule is C=C(/C=C\C(C)C)C(O)NCCCBr. The second-order valence-corrected chi connectivity index (χ2v) is 4.37. The summed E-state index contributed by atoms with van der Waals surface area (Å²) in [5, 5.41) is 13.5. The van der Waals surface area contributed by atoms with E-state index in [4.69, 9.17) is 0 Å². The molecule has 0 saturated carbocycles. The van der Waals surface area contributed by atoms with Crippen LogP contribution in [0.2, 0.25) is 0 Å². The maximum absolute atomic E-state index is 9.58. The second kappa shape index (κ2) is 8.21. The van der Waals surface area contributed by atoms with E-state index in [1.54, 1.807) is 0 Å². The molecule has 0 amide bonds. The van der Waals surface area contributed by atoms with E-state index in [2.05, 4.69) is 41.7 Å². The molecule has 0 aromatic heterocycles. The summed E-state index contributed by atoms with van der Waals surface area (Å²) in [6.07, 6.45) is 4.27. The summed E-state index contributed by atoms with van der Waals surface area (Å²) in [4.78, 5) is 0. The largest absolute Gasteiger partial charge is 0.374 e. The molecule has 2 N–H and O–H groups in total. The number of aliphatic hydroxyl groups excluding tert-OH is 1. The van der Waals surface area contributed by atoms with Gasteiger partial charge in [-0.05, 0) is 24.5 Å². The fourth-order valence-corrected chi connectivity index (χ4v) is 1.12. The molecule has 0 fully saturated rings. The molecule has 3 heteroatoms. The van der Waals surface area contributed by atoms with Crippen molar-refractivity contribution in [1.82, 2.24) is 5.32 Å². The number of hydrogen-bond acceptors (Lipinski definition) is 2. The number of alkyl halides is 1. The predicted octanol–water partition coefficient (Wildman–Crippen LogP) is 2.45. The minimum atomic E-state index is -0.621. The van der Waals surface area contributed by atoms with Crippen LogP contribution >= 0.6 is 15.9 Å². The highest BCUT2D eigenvalue weighted by molar-refractivity contribution is 9.09. The Balaban J connectivity index is 3.76. The summed E-state index contributed by atoms with van der Waals surface area (Å²) in [6.45, 7) is 8.77. The molecule has 0 rings (SSSR count). The van der Waals surface area contributed by atoms with Crippen LogP contribution in [0.25, 0.3) is 0 Å². The van der Waals surface area contributed by atoms with Crippen molar-refractivity contribution in [1.29, 1.82) is 0 Å². The standard InChI is InChI=1S/C11H20BrNO/c1-9(2)5-6-10(3)11(14)13-8-4-7-12/h5-6,9,11,13-14H,3-4,7-8H2,1-2H3/b6-5-. The third kappa shape index (κ3) is 7.30. The third-order valence-corrected chi connectivity index (χ3v) is 2.26. The van der Waals surface area contributed by atoms with Crippen molar-refractivity contribution in [2.75, 3.05) is 11.9 Å². The zero-order valence-corrected chi connectivity index (χ0v) is 10.5.